The molecule has 0 spiro atoms. The molecule has 1 heterocycles. The molecule has 0 fully saturated rings. The lowest BCUT2D eigenvalue weighted by atomic mass is 10.1. The van der Waals surface area contributed by atoms with Gasteiger partial charge in [0.1, 0.15) is 0 Å². The molecule has 0 saturated heterocycles. The molecular weight excluding hydrogens is 346 g/mol. The molecule has 0 aliphatic heterocycles. The van der Waals surface area contributed by atoms with Gasteiger partial charge >= 0.3 is 5.97 Å². The van der Waals surface area contributed by atoms with Crippen molar-refractivity contribution >= 4 is 17.8 Å². The largest absolute Gasteiger partial charge is 0.452 e. The Kier molecular flexibility index (Phi) is 6.39. The molecule has 0 atom stereocenters. The molecule has 2 aromatic rings. The zero-order chi connectivity index (χ0) is 20.0. The van der Waals surface area contributed by atoms with E-state index in [1.54, 1.807) is 24.3 Å². The van der Waals surface area contributed by atoms with E-state index < -0.39 is 18.5 Å². The zero-order valence-electron chi connectivity index (χ0n) is 16.1. The lowest BCUT2D eigenvalue weighted by molar-refractivity contribution is -0.137. The summed E-state index contributed by atoms with van der Waals surface area (Å²) >= 11 is 0. The maximum absolute atomic E-state index is 12.1. The second kappa shape index (κ2) is 8.53. The van der Waals surface area contributed by atoms with E-state index in [-0.39, 0.29) is 18.0 Å². The van der Waals surface area contributed by atoms with Crippen LogP contribution < -0.4 is 5.32 Å². The summed E-state index contributed by atoms with van der Waals surface area (Å²) in [5.41, 5.74) is 0.893. The smallest absolute Gasteiger partial charge is 0.338 e. The van der Waals surface area contributed by atoms with Gasteiger partial charge in [0.2, 0.25) is 5.91 Å². The maximum Gasteiger partial charge on any atom is 0.338 e. The van der Waals surface area contributed by atoms with Crippen LogP contribution in [0.25, 0.3) is 5.69 Å². The molecule has 0 saturated carbocycles. The van der Waals surface area contributed by atoms with Gasteiger partial charge in [-0.25, -0.2) is 4.79 Å². The SMILES string of the molecule is CN(CC(=O)NC(C)(C)C)C(=O)COC(=O)c1ccc(-n2cccc2)cc1. The summed E-state index contributed by atoms with van der Waals surface area (Å²) in [7, 11) is 1.49. The monoisotopic (exact) mass is 371 g/mol. The van der Waals surface area contributed by atoms with Crippen LogP contribution in [-0.2, 0) is 14.3 Å². The molecule has 0 aliphatic carbocycles. The first-order valence-electron chi connectivity index (χ1n) is 8.61. The summed E-state index contributed by atoms with van der Waals surface area (Å²) in [5.74, 6) is -1.31. The molecule has 0 unspecified atom stereocenters. The van der Waals surface area contributed by atoms with Crippen LogP contribution in [0.15, 0.2) is 48.8 Å². The quantitative estimate of drug-likeness (QED) is 0.788. The van der Waals surface area contributed by atoms with E-state index in [1.807, 2.05) is 49.9 Å². The van der Waals surface area contributed by atoms with Gasteiger partial charge in [0.05, 0.1) is 12.1 Å². The van der Waals surface area contributed by atoms with Gasteiger partial charge in [-0.15, -0.1) is 0 Å². The predicted octanol–water partition coefficient (Wildman–Crippen LogP) is 2.01. The van der Waals surface area contributed by atoms with Gasteiger partial charge < -0.3 is 19.5 Å². The minimum Gasteiger partial charge on any atom is -0.452 e. The van der Waals surface area contributed by atoms with Gasteiger partial charge in [-0.05, 0) is 57.2 Å². The molecule has 2 amide bonds. The van der Waals surface area contributed by atoms with Crippen LogP contribution in [-0.4, -0.2) is 53.0 Å². The van der Waals surface area contributed by atoms with Crippen LogP contribution in [0.1, 0.15) is 31.1 Å². The highest BCUT2D eigenvalue weighted by Gasteiger charge is 2.19. The van der Waals surface area contributed by atoms with E-state index in [2.05, 4.69) is 5.32 Å². The fraction of sp³-hybridized carbons (Fsp3) is 0.350. The molecule has 7 heteroatoms. The minimum absolute atomic E-state index is 0.0980. The third-order valence-electron chi connectivity index (χ3n) is 3.65. The number of benzene rings is 1. The first-order valence-corrected chi connectivity index (χ1v) is 8.61. The van der Waals surface area contributed by atoms with Gasteiger partial charge in [-0.1, -0.05) is 0 Å². The van der Waals surface area contributed by atoms with E-state index >= 15 is 0 Å². The van der Waals surface area contributed by atoms with Crippen LogP contribution in [0.2, 0.25) is 0 Å². The van der Waals surface area contributed by atoms with Crippen molar-refractivity contribution in [2.24, 2.45) is 0 Å². The molecule has 7 nitrogen and oxygen atoms in total. The topological polar surface area (TPSA) is 80.6 Å². The Morgan fingerprint density at radius 3 is 2.22 bits per heavy atom. The summed E-state index contributed by atoms with van der Waals surface area (Å²) in [6, 6.07) is 10.7. The standard InChI is InChI=1S/C20H25N3O4/c1-20(2,3)21-17(24)13-22(4)18(25)14-27-19(26)15-7-9-16(10-8-15)23-11-5-6-12-23/h5-12H,13-14H2,1-4H3,(H,21,24). The Hall–Kier alpha value is -3.09. The molecule has 144 valence electrons. The van der Waals surface area contributed by atoms with Gasteiger partial charge in [-0.2, -0.15) is 0 Å². The fourth-order valence-electron chi connectivity index (χ4n) is 2.36. The number of likely N-dealkylation sites (N-methyl/N-ethyl adjacent to an activating group) is 1. The Bertz CT molecular complexity index is 790. The summed E-state index contributed by atoms with van der Waals surface area (Å²) in [6.45, 7) is 5.05. The van der Waals surface area contributed by atoms with Gasteiger partial charge in [0.25, 0.3) is 5.91 Å². The molecule has 1 aromatic carbocycles. The number of aromatic nitrogens is 1. The molecule has 1 N–H and O–H groups in total. The van der Waals surface area contributed by atoms with E-state index in [0.29, 0.717) is 5.56 Å². The molecule has 27 heavy (non-hydrogen) atoms. The minimum atomic E-state index is -0.588. The Balaban J connectivity index is 1.83. The van der Waals surface area contributed by atoms with E-state index in [1.165, 1.54) is 11.9 Å². The van der Waals surface area contributed by atoms with Crippen LogP contribution in [0.5, 0.6) is 0 Å². The van der Waals surface area contributed by atoms with Crippen molar-refractivity contribution in [3.63, 3.8) is 0 Å². The van der Waals surface area contributed by atoms with Crippen LogP contribution in [0.4, 0.5) is 0 Å². The molecule has 0 radical (unpaired) electrons. The number of amides is 2. The molecule has 2 rings (SSSR count). The van der Waals surface area contributed by atoms with Gasteiger partial charge in [0.15, 0.2) is 6.61 Å². The van der Waals surface area contributed by atoms with Gasteiger partial charge in [-0.3, -0.25) is 9.59 Å². The van der Waals surface area contributed by atoms with E-state index in [4.69, 9.17) is 4.74 Å². The van der Waals surface area contributed by atoms with Crippen LogP contribution in [0, 0.1) is 0 Å². The third-order valence-corrected chi connectivity index (χ3v) is 3.65. The number of esters is 1. The van der Waals surface area contributed by atoms with E-state index in [9.17, 15) is 14.4 Å². The Morgan fingerprint density at radius 1 is 1.07 bits per heavy atom. The molecule has 0 bridgehead atoms. The fourth-order valence-corrected chi connectivity index (χ4v) is 2.36. The first kappa shape index (κ1) is 20.2. The number of rotatable bonds is 6. The summed E-state index contributed by atoms with van der Waals surface area (Å²) < 4.78 is 6.97. The number of hydrogen-bond donors (Lipinski definition) is 1. The first-order chi connectivity index (χ1) is 12.7. The summed E-state index contributed by atoms with van der Waals surface area (Å²) in [6.07, 6.45) is 3.80. The Labute approximate surface area is 158 Å². The summed E-state index contributed by atoms with van der Waals surface area (Å²) in [4.78, 5) is 37.2. The predicted molar refractivity (Wildman–Crippen MR) is 102 cm³/mol. The zero-order valence-corrected chi connectivity index (χ0v) is 16.1. The second-order valence-electron chi connectivity index (χ2n) is 7.26. The number of hydrogen-bond acceptors (Lipinski definition) is 4. The maximum atomic E-state index is 12.1. The van der Waals surface area contributed by atoms with Crippen LogP contribution in [0.3, 0.4) is 0 Å². The number of carbonyl (C=O) groups excluding carboxylic acids is 3. The van der Waals surface area contributed by atoms with Crippen molar-refractivity contribution in [1.82, 2.24) is 14.8 Å². The van der Waals surface area contributed by atoms with Crippen molar-refractivity contribution < 1.29 is 19.1 Å². The van der Waals surface area contributed by atoms with Crippen LogP contribution >= 0.6 is 0 Å². The van der Waals surface area contributed by atoms with Gasteiger partial charge in [0, 0.05) is 30.7 Å². The lowest BCUT2D eigenvalue weighted by Crippen LogP contribution is -2.46. The number of carbonyl (C=O) groups is 3. The summed E-state index contributed by atoms with van der Waals surface area (Å²) in [5, 5.41) is 2.77. The average molecular weight is 371 g/mol. The number of nitrogens with zero attached hydrogens (tertiary/aromatic N) is 2. The van der Waals surface area contributed by atoms with Crippen molar-refractivity contribution in [3.05, 3.63) is 54.4 Å². The normalized spacial score (nSPS) is 11.0. The highest BCUT2D eigenvalue weighted by molar-refractivity contribution is 5.92. The van der Waals surface area contributed by atoms with Crippen molar-refractivity contribution in [1.29, 1.82) is 0 Å². The van der Waals surface area contributed by atoms with Crippen molar-refractivity contribution in [2.75, 3.05) is 20.2 Å². The third kappa shape index (κ3) is 6.29. The van der Waals surface area contributed by atoms with E-state index in [0.717, 1.165) is 5.69 Å². The number of nitrogens with one attached hydrogen (secondary N) is 1. The Morgan fingerprint density at radius 2 is 1.67 bits per heavy atom. The van der Waals surface area contributed by atoms with Crippen molar-refractivity contribution in [3.8, 4) is 5.69 Å². The van der Waals surface area contributed by atoms with Crippen molar-refractivity contribution in [2.45, 2.75) is 26.3 Å². The second-order valence-corrected chi connectivity index (χ2v) is 7.26. The highest BCUT2D eigenvalue weighted by atomic mass is 16.5. The highest BCUT2D eigenvalue weighted by Crippen LogP contribution is 2.11. The molecule has 1 aromatic heterocycles. The average Bonchev–Trinajstić information content (AvgIpc) is 3.12. The molecular formula is C20H25N3O4. The number of ether oxygens (including phenoxy) is 1. The lowest BCUT2D eigenvalue weighted by Gasteiger charge is -2.23. The molecule has 0 aliphatic rings.